The van der Waals surface area contributed by atoms with Gasteiger partial charge in [0.2, 0.25) is 5.82 Å². The van der Waals surface area contributed by atoms with Crippen LogP contribution in [0, 0.1) is 23.0 Å². The van der Waals surface area contributed by atoms with Gasteiger partial charge in [0, 0.05) is 44.5 Å². The Morgan fingerprint density at radius 3 is 2.55 bits per heavy atom. The van der Waals surface area contributed by atoms with Crippen LogP contribution in [0.15, 0.2) is 36.5 Å². The van der Waals surface area contributed by atoms with Crippen molar-refractivity contribution >= 4 is 29.1 Å². The average molecular weight is 600 g/mol. The van der Waals surface area contributed by atoms with E-state index in [1.807, 2.05) is 0 Å². The number of piperazine rings is 1. The molecule has 0 aliphatic carbocycles. The van der Waals surface area contributed by atoms with Gasteiger partial charge < -0.3 is 24.4 Å². The minimum absolute atomic E-state index is 0.0608. The fourth-order valence-electron chi connectivity index (χ4n) is 4.73. The molecule has 3 aromatic rings. The first-order chi connectivity index (χ1) is 20.1. The van der Waals surface area contributed by atoms with Crippen LogP contribution in [0.3, 0.4) is 0 Å². The number of benzene rings is 2. The molecule has 2 aromatic carbocycles. The van der Waals surface area contributed by atoms with Gasteiger partial charge in [-0.3, -0.25) is 14.5 Å². The molecular formula is C29H32ClF2N7O3. The third kappa shape index (κ3) is 7.05. The first kappa shape index (κ1) is 30.9. The van der Waals surface area contributed by atoms with E-state index in [9.17, 15) is 18.4 Å². The topological polar surface area (TPSA) is 107 Å². The fourth-order valence-corrected chi connectivity index (χ4v) is 4.99. The highest BCUT2D eigenvalue weighted by Gasteiger charge is 2.25. The number of carbonyl (C=O) groups excluding carboxylic acids is 2. The third-order valence-corrected chi connectivity index (χ3v) is 7.32. The highest BCUT2D eigenvalue weighted by molar-refractivity contribution is 6.34. The van der Waals surface area contributed by atoms with Crippen molar-refractivity contribution in [2.75, 3.05) is 65.3 Å². The van der Waals surface area contributed by atoms with Crippen molar-refractivity contribution in [1.29, 1.82) is 5.26 Å². The Kier molecular flexibility index (Phi) is 10.1. The SMILES string of the molecule is CN(C)CCCN1CCN(C(=O)c2ccc(NC(=O)c3ncc(-c4ccc(OCC#N)c(F)c4F)n3C)cc2Cl)CC1. The van der Waals surface area contributed by atoms with Gasteiger partial charge in [0.05, 0.1) is 22.5 Å². The summed E-state index contributed by atoms with van der Waals surface area (Å²) in [7, 11) is 5.59. The zero-order chi connectivity index (χ0) is 30.4. The summed E-state index contributed by atoms with van der Waals surface area (Å²) >= 11 is 6.45. The monoisotopic (exact) mass is 599 g/mol. The number of nitrogens with one attached hydrogen (secondary N) is 1. The van der Waals surface area contributed by atoms with Gasteiger partial charge in [-0.2, -0.15) is 9.65 Å². The number of anilines is 1. The lowest BCUT2D eigenvalue weighted by Gasteiger charge is -2.35. The molecule has 2 amide bonds. The lowest BCUT2D eigenvalue weighted by Crippen LogP contribution is -2.49. The molecule has 1 N–H and O–H groups in total. The number of nitrogens with zero attached hydrogens (tertiary/aromatic N) is 6. The van der Waals surface area contributed by atoms with E-state index in [1.165, 1.54) is 36.0 Å². The van der Waals surface area contributed by atoms with Crippen molar-refractivity contribution in [2.24, 2.45) is 7.05 Å². The fraction of sp³-hybridized carbons (Fsp3) is 0.379. The number of ether oxygens (including phenoxy) is 1. The zero-order valence-corrected chi connectivity index (χ0v) is 24.4. The number of nitriles is 1. The van der Waals surface area contributed by atoms with Crippen molar-refractivity contribution < 1.29 is 23.1 Å². The largest absolute Gasteiger partial charge is 0.476 e. The van der Waals surface area contributed by atoms with Crippen molar-refractivity contribution in [3.05, 3.63) is 64.6 Å². The van der Waals surface area contributed by atoms with Gasteiger partial charge in [-0.25, -0.2) is 9.37 Å². The molecule has 1 saturated heterocycles. The van der Waals surface area contributed by atoms with E-state index in [0.717, 1.165) is 32.6 Å². The standard InChI is InChI=1S/C29H32ClF2N7O3/c1-36(2)10-4-11-38-12-14-39(15-13-38)29(41)20-6-5-19(17-22(20)30)35-28(40)27-34-18-23(37(27)3)21-7-8-24(42-16-9-33)26(32)25(21)31/h5-8,17-18H,4,10-16H2,1-3H3,(H,35,40). The second-order valence-electron chi connectivity index (χ2n) is 10.2. The summed E-state index contributed by atoms with van der Waals surface area (Å²) in [5.41, 5.74) is 0.703. The van der Waals surface area contributed by atoms with E-state index in [4.69, 9.17) is 21.6 Å². The van der Waals surface area contributed by atoms with Gasteiger partial charge in [0.1, 0.15) is 6.07 Å². The Balaban J connectivity index is 1.40. The van der Waals surface area contributed by atoms with Crippen LogP contribution in [0.5, 0.6) is 5.75 Å². The van der Waals surface area contributed by atoms with E-state index in [2.05, 4.69) is 34.2 Å². The van der Waals surface area contributed by atoms with Crippen molar-refractivity contribution in [1.82, 2.24) is 24.3 Å². The number of amides is 2. The number of hydrogen-bond donors (Lipinski definition) is 1. The number of halogens is 3. The smallest absolute Gasteiger partial charge is 0.291 e. The van der Waals surface area contributed by atoms with E-state index >= 15 is 0 Å². The van der Waals surface area contributed by atoms with Crippen LogP contribution in [0.1, 0.15) is 27.4 Å². The highest BCUT2D eigenvalue weighted by Crippen LogP contribution is 2.30. The molecule has 1 aromatic heterocycles. The molecular weight excluding hydrogens is 568 g/mol. The second kappa shape index (κ2) is 13.7. The molecule has 0 spiro atoms. The van der Waals surface area contributed by atoms with Crippen LogP contribution in [-0.4, -0.2) is 96.0 Å². The molecule has 0 bridgehead atoms. The Morgan fingerprint density at radius 2 is 1.88 bits per heavy atom. The predicted molar refractivity (Wildman–Crippen MR) is 155 cm³/mol. The summed E-state index contributed by atoms with van der Waals surface area (Å²) in [6, 6.07) is 8.81. The van der Waals surface area contributed by atoms with Crippen LogP contribution in [0.25, 0.3) is 11.3 Å². The van der Waals surface area contributed by atoms with Gasteiger partial charge in [-0.15, -0.1) is 0 Å². The molecule has 1 aliphatic rings. The van der Waals surface area contributed by atoms with E-state index < -0.39 is 29.9 Å². The van der Waals surface area contributed by atoms with Crippen LogP contribution >= 0.6 is 11.6 Å². The van der Waals surface area contributed by atoms with Crippen molar-refractivity contribution in [2.45, 2.75) is 6.42 Å². The number of aromatic nitrogens is 2. The maximum absolute atomic E-state index is 14.8. The maximum atomic E-state index is 14.8. The van der Waals surface area contributed by atoms with Crippen LogP contribution < -0.4 is 10.1 Å². The number of hydrogen-bond acceptors (Lipinski definition) is 7. The number of carbonyl (C=O) groups is 2. The highest BCUT2D eigenvalue weighted by atomic mass is 35.5. The number of rotatable bonds is 10. The molecule has 42 heavy (non-hydrogen) atoms. The molecule has 4 rings (SSSR count). The molecule has 1 aliphatic heterocycles. The Hall–Kier alpha value is -4.05. The Bertz CT molecular complexity index is 1500. The lowest BCUT2D eigenvalue weighted by molar-refractivity contribution is 0.0634. The summed E-state index contributed by atoms with van der Waals surface area (Å²) in [6.07, 6.45) is 2.32. The van der Waals surface area contributed by atoms with Crippen LogP contribution in [0.2, 0.25) is 5.02 Å². The Labute approximate surface area is 248 Å². The van der Waals surface area contributed by atoms with Crippen LogP contribution in [-0.2, 0) is 7.05 Å². The molecule has 0 saturated carbocycles. The average Bonchev–Trinajstić information content (AvgIpc) is 3.34. The molecule has 1 fully saturated rings. The van der Waals surface area contributed by atoms with Crippen molar-refractivity contribution in [3.63, 3.8) is 0 Å². The van der Waals surface area contributed by atoms with E-state index in [0.29, 0.717) is 24.3 Å². The van der Waals surface area contributed by atoms with Gasteiger partial charge >= 0.3 is 0 Å². The summed E-state index contributed by atoms with van der Waals surface area (Å²) in [5, 5.41) is 11.5. The van der Waals surface area contributed by atoms with Gasteiger partial charge in [-0.05, 0) is 63.9 Å². The quantitative estimate of drug-likeness (QED) is 0.377. The lowest BCUT2D eigenvalue weighted by atomic mass is 10.1. The first-order valence-corrected chi connectivity index (χ1v) is 13.8. The molecule has 13 heteroatoms. The van der Waals surface area contributed by atoms with Crippen LogP contribution in [0.4, 0.5) is 14.5 Å². The molecule has 0 unspecified atom stereocenters. The number of imidazole rings is 1. The normalized spacial score (nSPS) is 13.7. The molecule has 0 radical (unpaired) electrons. The summed E-state index contributed by atoms with van der Waals surface area (Å²) in [6.45, 7) is 4.39. The summed E-state index contributed by atoms with van der Waals surface area (Å²) < 4.78 is 35.4. The van der Waals surface area contributed by atoms with E-state index in [1.54, 1.807) is 23.1 Å². The maximum Gasteiger partial charge on any atom is 0.291 e. The first-order valence-electron chi connectivity index (χ1n) is 13.4. The summed E-state index contributed by atoms with van der Waals surface area (Å²) in [5.74, 6) is -3.68. The van der Waals surface area contributed by atoms with Gasteiger partial charge in [-0.1, -0.05) is 11.6 Å². The molecule has 222 valence electrons. The van der Waals surface area contributed by atoms with Crippen molar-refractivity contribution in [3.8, 4) is 23.1 Å². The molecule has 2 heterocycles. The minimum Gasteiger partial charge on any atom is -0.476 e. The molecule has 10 nitrogen and oxygen atoms in total. The minimum atomic E-state index is -1.25. The third-order valence-electron chi connectivity index (χ3n) is 7.00. The van der Waals surface area contributed by atoms with Gasteiger partial charge in [0.15, 0.2) is 24.0 Å². The van der Waals surface area contributed by atoms with E-state index in [-0.39, 0.29) is 28.0 Å². The summed E-state index contributed by atoms with van der Waals surface area (Å²) in [4.78, 5) is 36.5. The Morgan fingerprint density at radius 1 is 1.14 bits per heavy atom. The zero-order valence-electron chi connectivity index (χ0n) is 23.7. The second-order valence-corrected chi connectivity index (χ2v) is 10.6. The predicted octanol–water partition coefficient (Wildman–Crippen LogP) is 3.88. The van der Waals surface area contributed by atoms with Gasteiger partial charge in [0.25, 0.3) is 11.8 Å². The molecule has 0 atom stereocenters.